The van der Waals surface area contributed by atoms with Crippen molar-refractivity contribution in [3.05, 3.63) is 27.4 Å². The molecule has 0 bridgehead atoms. The van der Waals surface area contributed by atoms with Crippen molar-refractivity contribution in [2.24, 2.45) is 10.9 Å². The third-order valence-electron chi connectivity index (χ3n) is 3.78. The van der Waals surface area contributed by atoms with Gasteiger partial charge in [-0.2, -0.15) is 0 Å². The molecule has 1 atom stereocenters. The summed E-state index contributed by atoms with van der Waals surface area (Å²) in [6.45, 7) is 9.51. The minimum absolute atomic E-state index is 0. The first-order valence-corrected chi connectivity index (χ1v) is 9.67. The van der Waals surface area contributed by atoms with E-state index in [4.69, 9.17) is 0 Å². The quantitative estimate of drug-likeness (QED) is 0.364. The third-order valence-corrected chi connectivity index (χ3v) is 5.73. The number of halogens is 1. The predicted octanol–water partition coefficient (Wildman–Crippen LogP) is 4.55. The highest BCUT2D eigenvalue weighted by molar-refractivity contribution is 14.0. The molecule has 0 saturated heterocycles. The predicted molar refractivity (Wildman–Crippen MR) is 118 cm³/mol. The number of nitrogens with one attached hydrogen (secondary N) is 2. The van der Waals surface area contributed by atoms with Crippen LogP contribution in [0.15, 0.2) is 22.5 Å². The van der Waals surface area contributed by atoms with Crippen molar-refractivity contribution in [1.82, 2.24) is 15.6 Å². The van der Waals surface area contributed by atoms with Crippen molar-refractivity contribution in [3.63, 3.8) is 0 Å². The van der Waals surface area contributed by atoms with Crippen molar-refractivity contribution in [3.8, 4) is 10.6 Å². The maximum Gasteiger partial charge on any atom is 0.191 e. The third kappa shape index (κ3) is 6.33. The van der Waals surface area contributed by atoms with Gasteiger partial charge in [-0.25, -0.2) is 4.98 Å². The number of nitrogens with zero attached hydrogens (tertiary/aromatic N) is 2. The van der Waals surface area contributed by atoms with E-state index in [1.165, 1.54) is 9.75 Å². The second-order valence-electron chi connectivity index (χ2n) is 5.94. The van der Waals surface area contributed by atoms with Gasteiger partial charge in [-0.3, -0.25) is 4.99 Å². The smallest absolute Gasteiger partial charge is 0.191 e. The standard InChI is InChI=1S/C17H26N4S2.HI/c1-11(2)12(3)20-17(18-5)19-9-8-14-6-7-16(23-14)15-10-22-13(4)21-15;/h6-7,10-12H,8-9H2,1-5H3,(H2,18,19,20);1H. The average molecular weight is 478 g/mol. The Morgan fingerprint density at radius 2 is 2.04 bits per heavy atom. The topological polar surface area (TPSA) is 49.3 Å². The molecule has 24 heavy (non-hydrogen) atoms. The number of rotatable bonds is 6. The molecule has 7 heteroatoms. The van der Waals surface area contributed by atoms with Crippen LogP contribution in [0, 0.1) is 12.8 Å². The summed E-state index contributed by atoms with van der Waals surface area (Å²) in [5, 5.41) is 10.1. The van der Waals surface area contributed by atoms with E-state index in [-0.39, 0.29) is 24.0 Å². The zero-order valence-electron chi connectivity index (χ0n) is 14.9. The van der Waals surface area contributed by atoms with Gasteiger partial charge in [0.05, 0.1) is 15.6 Å². The van der Waals surface area contributed by atoms with E-state index >= 15 is 0 Å². The van der Waals surface area contributed by atoms with Gasteiger partial charge in [-0.15, -0.1) is 46.7 Å². The molecule has 2 aromatic rings. The fraction of sp³-hybridized carbons (Fsp3) is 0.529. The van der Waals surface area contributed by atoms with Crippen molar-refractivity contribution in [1.29, 1.82) is 0 Å². The summed E-state index contributed by atoms with van der Waals surface area (Å²) >= 11 is 3.52. The van der Waals surface area contributed by atoms with Crippen LogP contribution in [0.3, 0.4) is 0 Å². The van der Waals surface area contributed by atoms with Gasteiger partial charge in [-0.1, -0.05) is 13.8 Å². The first kappa shape index (κ1) is 21.4. The maximum atomic E-state index is 4.55. The molecule has 0 spiro atoms. The van der Waals surface area contributed by atoms with E-state index in [0.717, 1.165) is 29.6 Å². The molecule has 1 unspecified atom stereocenters. The van der Waals surface area contributed by atoms with Crippen molar-refractivity contribution in [2.45, 2.75) is 40.2 Å². The lowest BCUT2D eigenvalue weighted by Gasteiger charge is -2.20. The first-order chi connectivity index (χ1) is 11.0. The number of thiophene rings is 1. The summed E-state index contributed by atoms with van der Waals surface area (Å²) in [6, 6.07) is 4.77. The molecular weight excluding hydrogens is 451 g/mol. The van der Waals surface area contributed by atoms with E-state index in [2.05, 4.69) is 58.9 Å². The number of hydrogen-bond acceptors (Lipinski definition) is 4. The first-order valence-electron chi connectivity index (χ1n) is 7.98. The number of guanidine groups is 1. The summed E-state index contributed by atoms with van der Waals surface area (Å²) in [4.78, 5) is 11.5. The largest absolute Gasteiger partial charge is 0.356 e. The summed E-state index contributed by atoms with van der Waals surface area (Å²) in [7, 11) is 1.82. The lowest BCUT2D eigenvalue weighted by molar-refractivity contribution is 0.481. The normalized spacial score (nSPS) is 12.8. The maximum absolute atomic E-state index is 4.55. The van der Waals surface area contributed by atoms with E-state index in [1.54, 1.807) is 11.3 Å². The van der Waals surface area contributed by atoms with Gasteiger partial charge in [0.15, 0.2) is 5.96 Å². The van der Waals surface area contributed by atoms with Gasteiger partial charge in [0, 0.05) is 29.9 Å². The Balaban J connectivity index is 0.00000288. The molecule has 134 valence electrons. The van der Waals surface area contributed by atoms with Gasteiger partial charge in [0.2, 0.25) is 0 Å². The lowest BCUT2D eigenvalue weighted by atomic mass is 10.1. The van der Waals surface area contributed by atoms with E-state index in [9.17, 15) is 0 Å². The molecule has 2 aromatic heterocycles. The molecule has 2 N–H and O–H groups in total. The van der Waals surface area contributed by atoms with Crippen LogP contribution in [0.25, 0.3) is 10.6 Å². The molecule has 0 radical (unpaired) electrons. The summed E-state index contributed by atoms with van der Waals surface area (Å²) < 4.78 is 0. The molecule has 0 fully saturated rings. The second-order valence-corrected chi connectivity index (χ2v) is 8.17. The van der Waals surface area contributed by atoms with E-state index < -0.39 is 0 Å². The van der Waals surface area contributed by atoms with Gasteiger partial charge < -0.3 is 10.6 Å². The molecule has 0 aliphatic heterocycles. The zero-order valence-corrected chi connectivity index (χ0v) is 18.9. The molecule has 0 aliphatic rings. The van der Waals surface area contributed by atoms with Gasteiger partial charge in [-0.05, 0) is 38.3 Å². The van der Waals surface area contributed by atoms with Crippen LogP contribution in [0.1, 0.15) is 30.7 Å². The Labute approximate surface area is 170 Å². The van der Waals surface area contributed by atoms with Gasteiger partial charge >= 0.3 is 0 Å². The number of thiazole rings is 1. The Kier molecular flexibility index (Phi) is 9.22. The molecule has 0 aliphatic carbocycles. The molecule has 0 aromatic carbocycles. The minimum atomic E-state index is 0. The van der Waals surface area contributed by atoms with E-state index in [1.807, 2.05) is 25.3 Å². The van der Waals surface area contributed by atoms with Crippen LogP contribution in [0.2, 0.25) is 0 Å². The highest BCUT2D eigenvalue weighted by atomic mass is 127. The molecule has 2 rings (SSSR count). The number of aliphatic imine (C=N–C) groups is 1. The van der Waals surface area contributed by atoms with Crippen LogP contribution < -0.4 is 10.6 Å². The van der Waals surface area contributed by atoms with Crippen LogP contribution in [-0.4, -0.2) is 30.6 Å². The SMILES string of the molecule is CN=C(NCCc1ccc(-c2csc(C)n2)s1)NC(C)C(C)C.I. The minimum Gasteiger partial charge on any atom is -0.356 e. The second kappa shape index (κ2) is 10.4. The van der Waals surface area contributed by atoms with Crippen molar-refractivity contribution >= 4 is 52.6 Å². The summed E-state index contributed by atoms with van der Waals surface area (Å²) in [5.41, 5.74) is 1.10. The fourth-order valence-electron chi connectivity index (χ4n) is 2.01. The number of aryl methyl sites for hydroxylation is 1. The number of aromatic nitrogens is 1. The fourth-order valence-corrected chi connectivity index (χ4v) is 3.66. The Bertz CT molecular complexity index is 649. The van der Waals surface area contributed by atoms with Crippen LogP contribution in [-0.2, 0) is 6.42 Å². The number of hydrogen-bond donors (Lipinski definition) is 2. The monoisotopic (exact) mass is 478 g/mol. The highest BCUT2D eigenvalue weighted by Gasteiger charge is 2.09. The lowest BCUT2D eigenvalue weighted by Crippen LogP contribution is -2.44. The Morgan fingerprint density at radius 1 is 1.29 bits per heavy atom. The molecule has 0 amide bonds. The van der Waals surface area contributed by atoms with Crippen LogP contribution >= 0.6 is 46.7 Å². The van der Waals surface area contributed by atoms with Crippen molar-refractivity contribution < 1.29 is 0 Å². The molecule has 0 saturated carbocycles. The average Bonchev–Trinajstić information content (AvgIpc) is 3.14. The zero-order chi connectivity index (χ0) is 16.8. The van der Waals surface area contributed by atoms with Crippen LogP contribution in [0.4, 0.5) is 0 Å². The van der Waals surface area contributed by atoms with Gasteiger partial charge in [0.1, 0.15) is 0 Å². The van der Waals surface area contributed by atoms with Gasteiger partial charge in [0.25, 0.3) is 0 Å². The summed E-state index contributed by atoms with van der Waals surface area (Å²) in [5.74, 6) is 1.45. The van der Waals surface area contributed by atoms with E-state index in [0.29, 0.717) is 12.0 Å². The summed E-state index contributed by atoms with van der Waals surface area (Å²) in [6.07, 6.45) is 0.991. The molecule has 4 nitrogen and oxygen atoms in total. The molecular formula is C17H27IN4S2. The Morgan fingerprint density at radius 3 is 2.62 bits per heavy atom. The van der Waals surface area contributed by atoms with Crippen molar-refractivity contribution in [2.75, 3.05) is 13.6 Å². The Hall–Kier alpha value is -0.670. The highest BCUT2D eigenvalue weighted by Crippen LogP contribution is 2.29. The molecule has 2 heterocycles. The van der Waals surface area contributed by atoms with Crippen LogP contribution in [0.5, 0.6) is 0 Å².